The van der Waals surface area contributed by atoms with Crippen molar-refractivity contribution in [1.29, 1.82) is 0 Å². The Balaban J connectivity index is 1.22. The van der Waals surface area contributed by atoms with Gasteiger partial charge in [-0.05, 0) is 36.8 Å². The van der Waals surface area contributed by atoms with Crippen molar-refractivity contribution in [2.24, 2.45) is 0 Å². The second-order valence-electron chi connectivity index (χ2n) is 7.94. The van der Waals surface area contributed by atoms with Crippen LogP contribution in [0.3, 0.4) is 0 Å². The molecule has 0 spiro atoms. The average molecular weight is 457 g/mol. The summed E-state index contributed by atoms with van der Waals surface area (Å²) in [5.74, 6) is 0.933. The number of hydrogen-bond donors (Lipinski definition) is 0. The summed E-state index contributed by atoms with van der Waals surface area (Å²) in [5, 5.41) is 1.21. The third-order valence-electron chi connectivity index (χ3n) is 6.09. The summed E-state index contributed by atoms with van der Waals surface area (Å²) in [6.07, 6.45) is 4.27. The number of halogens is 2. The first-order valence-electron chi connectivity index (χ1n) is 10.4. The third-order valence-corrected chi connectivity index (χ3v) is 6.55. The van der Waals surface area contributed by atoms with E-state index in [0.717, 1.165) is 62.5 Å². The Labute approximate surface area is 190 Å². The van der Waals surface area contributed by atoms with Gasteiger partial charge in [0.25, 0.3) is 5.91 Å². The van der Waals surface area contributed by atoms with Gasteiger partial charge in [-0.1, -0.05) is 23.2 Å². The Morgan fingerprint density at radius 2 is 1.71 bits per heavy atom. The van der Waals surface area contributed by atoms with E-state index in [9.17, 15) is 4.79 Å². The van der Waals surface area contributed by atoms with Crippen LogP contribution in [0.5, 0.6) is 0 Å². The number of benzene rings is 1. The number of piperazine rings is 1. The lowest BCUT2D eigenvalue weighted by molar-refractivity contribution is 0.0585. The Hall–Kier alpha value is -2.48. The van der Waals surface area contributed by atoms with Gasteiger partial charge in [-0.15, -0.1) is 0 Å². The number of pyridine rings is 1. The van der Waals surface area contributed by atoms with Crippen molar-refractivity contribution in [3.63, 3.8) is 0 Å². The smallest absolute Gasteiger partial charge is 0.253 e. The van der Waals surface area contributed by atoms with Crippen LogP contribution >= 0.6 is 23.2 Å². The van der Waals surface area contributed by atoms with E-state index in [2.05, 4.69) is 24.8 Å². The molecule has 1 aromatic carbocycles. The molecule has 4 heterocycles. The molecule has 9 heteroatoms. The van der Waals surface area contributed by atoms with Crippen molar-refractivity contribution >= 4 is 46.0 Å². The van der Waals surface area contributed by atoms with Gasteiger partial charge in [0.2, 0.25) is 0 Å². The molecule has 7 nitrogen and oxygen atoms in total. The summed E-state index contributed by atoms with van der Waals surface area (Å²) in [6, 6.07) is 9.36. The van der Waals surface area contributed by atoms with Crippen molar-refractivity contribution < 1.29 is 4.79 Å². The van der Waals surface area contributed by atoms with E-state index >= 15 is 0 Å². The largest absolute Gasteiger partial charge is 0.353 e. The van der Waals surface area contributed by atoms with E-state index in [-0.39, 0.29) is 5.91 Å². The normalized spacial score (nSPS) is 19.9. The van der Waals surface area contributed by atoms with Crippen LogP contribution in [-0.2, 0) is 0 Å². The van der Waals surface area contributed by atoms with E-state index in [1.165, 1.54) is 0 Å². The zero-order chi connectivity index (χ0) is 21.4. The van der Waals surface area contributed by atoms with E-state index in [1.54, 1.807) is 36.8 Å². The second kappa shape index (κ2) is 8.57. The number of anilines is 1. The molecule has 0 saturated carbocycles. The van der Waals surface area contributed by atoms with Crippen molar-refractivity contribution in [2.45, 2.75) is 12.5 Å². The Morgan fingerprint density at radius 3 is 2.48 bits per heavy atom. The molecule has 160 valence electrons. The summed E-state index contributed by atoms with van der Waals surface area (Å²) in [4.78, 5) is 32.7. The average Bonchev–Trinajstić information content (AvgIpc) is 3.29. The third kappa shape index (κ3) is 4.18. The maximum absolute atomic E-state index is 12.8. The highest BCUT2D eigenvalue weighted by Gasteiger charge is 2.32. The monoisotopic (exact) mass is 456 g/mol. The quantitative estimate of drug-likeness (QED) is 0.601. The number of rotatable bonds is 3. The van der Waals surface area contributed by atoms with E-state index < -0.39 is 0 Å². The molecule has 2 aliphatic rings. The fraction of sp³-hybridized carbons (Fsp3) is 0.364. The van der Waals surface area contributed by atoms with Gasteiger partial charge >= 0.3 is 0 Å². The molecule has 31 heavy (non-hydrogen) atoms. The van der Waals surface area contributed by atoms with Gasteiger partial charge in [0.1, 0.15) is 11.8 Å². The first kappa shape index (κ1) is 20.4. The molecule has 2 saturated heterocycles. The summed E-state index contributed by atoms with van der Waals surface area (Å²) in [5.41, 5.74) is 2.23. The summed E-state index contributed by atoms with van der Waals surface area (Å²) in [6.45, 7) is 5.02. The van der Waals surface area contributed by atoms with Crippen molar-refractivity contribution in [2.75, 3.05) is 44.2 Å². The Bertz CT molecular complexity index is 1100. The zero-order valence-electron chi connectivity index (χ0n) is 16.9. The standard InChI is InChI=1S/C22H22Cl2N6O/c23-16-3-1-15(2-4-16)22(31)29-9-7-28(8-10-29)18-5-6-30(13-18)21-20-19(26-14-27-21)11-17(24)12-25-20/h1-4,11-12,14,18H,5-10,13H2/t18-/m0/s1. The predicted molar refractivity (Wildman–Crippen MR) is 122 cm³/mol. The topological polar surface area (TPSA) is 65.5 Å². The lowest BCUT2D eigenvalue weighted by atomic mass is 10.1. The fourth-order valence-corrected chi connectivity index (χ4v) is 4.71. The highest BCUT2D eigenvalue weighted by Crippen LogP contribution is 2.28. The van der Waals surface area contributed by atoms with Crippen LogP contribution < -0.4 is 4.90 Å². The molecule has 0 aliphatic carbocycles. The van der Waals surface area contributed by atoms with Crippen LogP contribution in [0.1, 0.15) is 16.8 Å². The van der Waals surface area contributed by atoms with Crippen LogP contribution in [0.4, 0.5) is 5.82 Å². The number of amides is 1. The number of carbonyl (C=O) groups is 1. The molecule has 3 aromatic rings. The van der Waals surface area contributed by atoms with Gasteiger partial charge < -0.3 is 9.80 Å². The molecule has 1 amide bonds. The number of aromatic nitrogens is 3. The molecule has 2 fully saturated rings. The minimum atomic E-state index is 0.0709. The SMILES string of the molecule is O=C(c1ccc(Cl)cc1)N1CCN([C@H]2CCN(c3ncnc4cc(Cl)cnc34)C2)CC1. The molecule has 5 rings (SSSR count). The number of hydrogen-bond acceptors (Lipinski definition) is 6. The van der Waals surface area contributed by atoms with Crippen molar-refractivity contribution in [3.05, 3.63) is 58.5 Å². The van der Waals surface area contributed by atoms with Crippen molar-refractivity contribution in [3.8, 4) is 0 Å². The number of carbonyl (C=O) groups excluding carboxylic acids is 1. The maximum Gasteiger partial charge on any atom is 0.253 e. The van der Waals surface area contributed by atoms with Gasteiger partial charge in [-0.3, -0.25) is 9.69 Å². The van der Waals surface area contributed by atoms with Gasteiger partial charge in [-0.25, -0.2) is 15.0 Å². The number of fused-ring (bicyclic) bond motifs is 1. The Kier molecular flexibility index (Phi) is 5.65. The maximum atomic E-state index is 12.8. The van der Waals surface area contributed by atoms with Gasteiger partial charge in [0.15, 0.2) is 5.82 Å². The molecule has 0 unspecified atom stereocenters. The molecule has 2 aromatic heterocycles. The second-order valence-corrected chi connectivity index (χ2v) is 8.81. The molecular weight excluding hydrogens is 435 g/mol. The lowest BCUT2D eigenvalue weighted by Crippen LogP contribution is -2.52. The molecular formula is C22H22Cl2N6O. The van der Waals surface area contributed by atoms with Crippen LogP contribution in [0.25, 0.3) is 11.0 Å². The first-order valence-corrected chi connectivity index (χ1v) is 11.1. The van der Waals surface area contributed by atoms with E-state index in [4.69, 9.17) is 23.2 Å². The number of nitrogens with zero attached hydrogens (tertiary/aromatic N) is 6. The van der Waals surface area contributed by atoms with Crippen LogP contribution in [0, 0.1) is 0 Å². The minimum Gasteiger partial charge on any atom is -0.353 e. The minimum absolute atomic E-state index is 0.0709. The van der Waals surface area contributed by atoms with Crippen LogP contribution in [-0.4, -0.2) is 76.0 Å². The summed E-state index contributed by atoms with van der Waals surface area (Å²) >= 11 is 12.0. The summed E-state index contributed by atoms with van der Waals surface area (Å²) < 4.78 is 0. The van der Waals surface area contributed by atoms with Crippen LogP contribution in [0.15, 0.2) is 42.9 Å². The van der Waals surface area contributed by atoms with Gasteiger partial charge in [0, 0.05) is 62.1 Å². The highest BCUT2D eigenvalue weighted by molar-refractivity contribution is 6.31. The fourth-order valence-electron chi connectivity index (χ4n) is 4.44. The highest BCUT2D eigenvalue weighted by atomic mass is 35.5. The molecule has 0 N–H and O–H groups in total. The van der Waals surface area contributed by atoms with Crippen LogP contribution in [0.2, 0.25) is 10.0 Å². The van der Waals surface area contributed by atoms with E-state index in [0.29, 0.717) is 21.7 Å². The molecule has 0 radical (unpaired) electrons. The Morgan fingerprint density at radius 1 is 0.935 bits per heavy atom. The zero-order valence-corrected chi connectivity index (χ0v) is 18.4. The summed E-state index contributed by atoms with van der Waals surface area (Å²) in [7, 11) is 0. The lowest BCUT2D eigenvalue weighted by Gasteiger charge is -2.38. The van der Waals surface area contributed by atoms with Gasteiger partial charge in [0.05, 0.1) is 10.5 Å². The molecule has 1 atom stereocenters. The van der Waals surface area contributed by atoms with E-state index in [1.807, 2.05) is 11.0 Å². The van der Waals surface area contributed by atoms with Crippen molar-refractivity contribution in [1.82, 2.24) is 24.8 Å². The molecule has 2 aliphatic heterocycles. The first-order chi connectivity index (χ1) is 15.1. The van der Waals surface area contributed by atoms with Gasteiger partial charge in [-0.2, -0.15) is 0 Å². The molecule has 0 bridgehead atoms. The predicted octanol–water partition coefficient (Wildman–Crippen LogP) is 3.37.